The first-order chi connectivity index (χ1) is 8.95. The van der Waals surface area contributed by atoms with Crippen LogP contribution in [0.1, 0.15) is 18.2 Å². The number of hydrogen-bond donors (Lipinski definition) is 2. The molecule has 0 unspecified atom stereocenters. The molecule has 0 aliphatic rings. The van der Waals surface area contributed by atoms with Crippen molar-refractivity contribution in [1.29, 1.82) is 0 Å². The molecule has 0 atom stereocenters. The minimum atomic E-state index is -0.892. The van der Waals surface area contributed by atoms with Crippen molar-refractivity contribution in [3.05, 3.63) is 35.5 Å². The second-order valence-corrected chi connectivity index (χ2v) is 4.41. The summed E-state index contributed by atoms with van der Waals surface area (Å²) >= 11 is 0. The number of aryl methyl sites for hydroxylation is 1. The smallest absolute Gasteiger partial charge is 0.307 e. The fourth-order valence-electron chi connectivity index (χ4n) is 2.03. The van der Waals surface area contributed by atoms with Gasteiger partial charge in [-0.1, -0.05) is 0 Å². The summed E-state index contributed by atoms with van der Waals surface area (Å²) in [5.74, 6) is -1.06. The highest BCUT2D eigenvalue weighted by Gasteiger charge is 2.09. The van der Waals surface area contributed by atoms with Crippen LogP contribution in [0.15, 0.2) is 24.3 Å². The molecule has 98 valence electrons. The number of carbonyl (C=O) groups is 2. The van der Waals surface area contributed by atoms with E-state index in [0.29, 0.717) is 11.3 Å². The van der Waals surface area contributed by atoms with Crippen LogP contribution in [0.5, 0.6) is 0 Å². The van der Waals surface area contributed by atoms with Crippen LogP contribution in [0.2, 0.25) is 0 Å². The zero-order valence-corrected chi connectivity index (χ0v) is 10.7. The number of carbonyl (C=O) groups excluding carboxylic acids is 1. The summed E-state index contributed by atoms with van der Waals surface area (Å²) in [6.45, 7) is 3.25. The number of amides is 1. The number of carboxylic acid groups (broad SMARTS) is 1. The Morgan fingerprint density at radius 2 is 2.05 bits per heavy atom. The lowest BCUT2D eigenvalue weighted by atomic mass is 10.0. The number of nitrogens with zero attached hydrogens (tertiary/aromatic N) is 1. The van der Waals surface area contributed by atoms with E-state index in [0.717, 1.165) is 16.6 Å². The van der Waals surface area contributed by atoms with Gasteiger partial charge in [0.05, 0.1) is 11.9 Å². The molecule has 0 aliphatic heterocycles. The van der Waals surface area contributed by atoms with Gasteiger partial charge in [0.15, 0.2) is 0 Å². The molecule has 1 aromatic carbocycles. The van der Waals surface area contributed by atoms with E-state index < -0.39 is 5.97 Å². The van der Waals surface area contributed by atoms with Crippen molar-refractivity contribution in [2.75, 3.05) is 5.32 Å². The molecular weight excluding hydrogens is 244 g/mol. The monoisotopic (exact) mass is 258 g/mol. The van der Waals surface area contributed by atoms with Gasteiger partial charge in [0, 0.05) is 23.7 Å². The molecule has 1 amide bonds. The molecule has 5 heteroatoms. The van der Waals surface area contributed by atoms with Crippen molar-refractivity contribution >= 4 is 28.5 Å². The molecule has 0 saturated heterocycles. The Labute approximate surface area is 110 Å². The first-order valence-electron chi connectivity index (χ1n) is 5.85. The Balaban J connectivity index is 2.57. The molecule has 0 spiro atoms. The molecule has 2 N–H and O–H groups in total. The fourth-order valence-corrected chi connectivity index (χ4v) is 2.03. The Bertz CT molecular complexity index is 665. The first-order valence-corrected chi connectivity index (χ1v) is 5.85. The highest BCUT2D eigenvalue weighted by molar-refractivity contribution is 5.94. The van der Waals surface area contributed by atoms with E-state index in [1.807, 2.05) is 6.92 Å². The van der Waals surface area contributed by atoms with Crippen molar-refractivity contribution < 1.29 is 14.7 Å². The molecule has 0 aliphatic carbocycles. The highest BCUT2D eigenvalue weighted by Crippen LogP contribution is 2.23. The number of carboxylic acids is 1. The Hall–Kier alpha value is -2.43. The number of pyridine rings is 1. The van der Waals surface area contributed by atoms with Crippen LogP contribution < -0.4 is 5.32 Å². The molecule has 0 radical (unpaired) electrons. The lowest BCUT2D eigenvalue weighted by molar-refractivity contribution is -0.136. The molecule has 19 heavy (non-hydrogen) atoms. The molecule has 0 saturated carbocycles. The maximum absolute atomic E-state index is 11.0. The van der Waals surface area contributed by atoms with Crippen molar-refractivity contribution in [1.82, 2.24) is 4.98 Å². The maximum atomic E-state index is 11.0. The van der Waals surface area contributed by atoms with Crippen LogP contribution >= 0.6 is 0 Å². The number of fused-ring (bicyclic) bond motifs is 1. The van der Waals surface area contributed by atoms with Gasteiger partial charge in [0.2, 0.25) is 5.91 Å². The third-order valence-corrected chi connectivity index (χ3v) is 2.68. The van der Waals surface area contributed by atoms with Crippen molar-refractivity contribution in [3.63, 3.8) is 0 Å². The summed E-state index contributed by atoms with van der Waals surface area (Å²) < 4.78 is 0. The van der Waals surface area contributed by atoms with Crippen molar-refractivity contribution in [2.45, 2.75) is 20.3 Å². The molecule has 1 heterocycles. The van der Waals surface area contributed by atoms with Gasteiger partial charge in [-0.15, -0.1) is 0 Å². The lowest BCUT2D eigenvalue weighted by Gasteiger charge is -2.08. The summed E-state index contributed by atoms with van der Waals surface area (Å²) in [6.07, 6.45) is -0.0661. The van der Waals surface area contributed by atoms with E-state index in [4.69, 9.17) is 5.11 Å². The number of aromatic nitrogens is 1. The summed E-state index contributed by atoms with van der Waals surface area (Å²) in [7, 11) is 0. The summed E-state index contributed by atoms with van der Waals surface area (Å²) in [5, 5.41) is 12.4. The zero-order chi connectivity index (χ0) is 14.0. The van der Waals surface area contributed by atoms with E-state index in [1.54, 1.807) is 24.3 Å². The molecule has 2 aromatic rings. The molecule has 1 aromatic heterocycles. The predicted molar refractivity (Wildman–Crippen MR) is 72.1 cm³/mol. The number of anilines is 1. The average Bonchev–Trinajstić information content (AvgIpc) is 2.28. The summed E-state index contributed by atoms with van der Waals surface area (Å²) in [4.78, 5) is 26.3. The van der Waals surface area contributed by atoms with Gasteiger partial charge in [-0.25, -0.2) is 0 Å². The second-order valence-electron chi connectivity index (χ2n) is 4.41. The minimum Gasteiger partial charge on any atom is -0.481 e. The zero-order valence-electron chi connectivity index (χ0n) is 10.7. The van der Waals surface area contributed by atoms with Crippen LogP contribution in [0, 0.1) is 6.92 Å². The number of rotatable bonds is 3. The van der Waals surface area contributed by atoms with Crippen molar-refractivity contribution in [3.8, 4) is 0 Å². The van der Waals surface area contributed by atoms with Gasteiger partial charge in [-0.05, 0) is 36.8 Å². The largest absolute Gasteiger partial charge is 0.481 e. The van der Waals surface area contributed by atoms with Crippen LogP contribution in [-0.2, 0) is 16.0 Å². The minimum absolute atomic E-state index is 0.0661. The lowest BCUT2D eigenvalue weighted by Crippen LogP contribution is -2.06. The topological polar surface area (TPSA) is 79.3 Å². The van der Waals surface area contributed by atoms with E-state index in [-0.39, 0.29) is 12.3 Å². The quantitative estimate of drug-likeness (QED) is 0.883. The average molecular weight is 258 g/mol. The van der Waals surface area contributed by atoms with Crippen LogP contribution in [0.25, 0.3) is 10.9 Å². The number of aliphatic carboxylic acids is 1. The number of hydrogen-bond acceptors (Lipinski definition) is 3. The van der Waals surface area contributed by atoms with Crippen LogP contribution in [0.3, 0.4) is 0 Å². The van der Waals surface area contributed by atoms with E-state index >= 15 is 0 Å². The van der Waals surface area contributed by atoms with Gasteiger partial charge in [0.1, 0.15) is 0 Å². The standard InChI is InChI=1S/C14H14N2O3/c1-8-5-10(6-14(18)19)12-7-11(16-9(2)17)3-4-13(12)15-8/h3-5,7H,6H2,1-2H3,(H,16,17)(H,18,19). The number of benzene rings is 1. The Kier molecular flexibility index (Phi) is 3.46. The second kappa shape index (κ2) is 5.06. The normalized spacial score (nSPS) is 10.4. The number of nitrogens with one attached hydrogen (secondary N) is 1. The van der Waals surface area contributed by atoms with E-state index in [9.17, 15) is 9.59 Å². The van der Waals surface area contributed by atoms with Gasteiger partial charge >= 0.3 is 5.97 Å². The third-order valence-electron chi connectivity index (χ3n) is 2.68. The van der Waals surface area contributed by atoms with Crippen LogP contribution in [-0.4, -0.2) is 22.0 Å². The van der Waals surface area contributed by atoms with Gasteiger partial charge in [-0.2, -0.15) is 0 Å². The third kappa shape index (κ3) is 3.07. The molecule has 2 rings (SSSR count). The molecule has 0 bridgehead atoms. The SMILES string of the molecule is CC(=O)Nc1ccc2nc(C)cc(CC(=O)O)c2c1. The first kappa shape index (κ1) is 13.0. The summed E-state index contributed by atoms with van der Waals surface area (Å²) in [6, 6.07) is 7.04. The summed E-state index contributed by atoms with van der Waals surface area (Å²) in [5.41, 5.74) is 2.83. The molecule has 5 nitrogen and oxygen atoms in total. The van der Waals surface area contributed by atoms with Gasteiger partial charge in [-0.3, -0.25) is 14.6 Å². The van der Waals surface area contributed by atoms with E-state index in [2.05, 4.69) is 10.3 Å². The van der Waals surface area contributed by atoms with Crippen LogP contribution in [0.4, 0.5) is 5.69 Å². The fraction of sp³-hybridized carbons (Fsp3) is 0.214. The van der Waals surface area contributed by atoms with E-state index in [1.165, 1.54) is 6.92 Å². The Morgan fingerprint density at radius 3 is 2.68 bits per heavy atom. The molecule has 0 fully saturated rings. The maximum Gasteiger partial charge on any atom is 0.307 e. The van der Waals surface area contributed by atoms with Gasteiger partial charge < -0.3 is 10.4 Å². The predicted octanol–water partition coefficient (Wildman–Crippen LogP) is 2.13. The molecular formula is C14H14N2O3. The van der Waals surface area contributed by atoms with Crippen molar-refractivity contribution in [2.24, 2.45) is 0 Å². The van der Waals surface area contributed by atoms with Gasteiger partial charge in [0.25, 0.3) is 0 Å². The Morgan fingerprint density at radius 1 is 1.32 bits per heavy atom. The highest BCUT2D eigenvalue weighted by atomic mass is 16.4.